The van der Waals surface area contributed by atoms with Crippen LogP contribution in [0, 0.1) is 12.7 Å². The van der Waals surface area contributed by atoms with E-state index in [-0.39, 0.29) is 35.2 Å². The first-order valence-electron chi connectivity index (χ1n) is 8.12. The Morgan fingerprint density at radius 1 is 1.15 bits per heavy atom. The summed E-state index contributed by atoms with van der Waals surface area (Å²) < 4.78 is 19.3. The van der Waals surface area contributed by atoms with Crippen LogP contribution < -0.4 is 10.1 Å². The molecule has 1 amide bonds. The molecule has 0 bridgehead atoms. The highest BCUT2D eigenvalue weighted by Gasteiger charge is 2.14. The number of carbonyl (C=O) groups is 1. The number of benzene rings is 2. The van der Waals surface area contributed by atoms with E-state index in [1.807, 2.05) is 0 Å². The van der Waals surface area contributed by atoms with Crippen molar-refractivity contribution in [2.45, 2.75) is 13.5 Å². The SMILES string of the molecule is Cc1c(O)cc(C(=O)NCc2cccnc2Oc2ccccc2F)cc1O. The number of nitrogens with zero attached hydrogens (tertiary/aromatic N) is 1. The van der Waals surface area contributed by atoms with Crippen molar-refractivity contribution in [3.8, 4) is 23.1 Å². The number of phenols is 2. The Hall–Kier alpha value is -3.61. The quantitative estimate of drug-likeness (QED) is 0.639. The van der Waals surface area contributed by atoms with Crippen molar-refractivity contribution in [3.63, 3.8) is 0 Å². The van der Waals surface area contributed by atoms with Crippen LogP contribution in [-0.2, 0) is 6.54 Å². The predicted molar refractivity (Wildman–Crippen MR) is 96.4 cm³/mol. The Bertz CT molecular complexity index is 968. The zero-order chi connectivity index (χ0) is 19.4. The maximum atomic E-state index is 13.8. The minimum atomic E-state index is -0.524. The molecule has 0 unspecified atom stereocenters. The van der Waals surface area contributed by atoms with Gasteiger partial charge in [0.2, 0.25) is 5.88 Å². The highest BCUT2D eigenvalue weighted by molar-refractivity contribution is 5.95. The number of carbonyl (C=O) groups excluding carboxylic acids is 1. The third kappa shape index (κ3) is 4.14. The van der Waals surface area contributed by atoms with Crippen LogP contribution in [0.3, 0.4) is 0 Å². The minimum absolute atomic E-state index is 0.0251. The molecule has 3 rings (SSSR count). The molecule has 3 N–H and O–H groups in total. The van der Waals surface area contributed by atoms with E-state index < -0.39 is 11.7 Å². The molecule has 0 saturated heterocycles. The predicted octanol–water partition coefficient (Wildman–Crippen LogP) is 3.66. The number of phenolic OH excluding ortho intramolecular Hbond substituents is 2. The lowest BCUT2D eigenvalue weighted by atomic mass is 10.1. The molecule has 0 spiro atoms. The van der Waals surface area contributed by atoms with Crippen LogP contribution in [0.15, 0.2) is 54.7 Å². The highest BCUT2D eigenvalue weighted by Crippen LogP contribution is 2.28. The number of hydrogen-bond donors (Lipinski definition) is 3. The number of hydrogen-bond acceptors (Lipinski definition) is 5. The van der Waals surface area contributed by atoms with E-state index in [9.17, 15) is 19.4 Å². The maximum Gasteiger partial charge on any atom is 0.251 e. The molecule has 0 saturated carbocycles. The van der Waals surface area contributed by atoms with Crippen molar-refractivity contribution < 1.29 is 24.1 Å². The van der Waals surface area contributed by atoms with Crippen molar-refractivity contribution in [3.05, 3.63) is 77.2 Å². The zero-order valence-corrected chi connectivity index (χ0v) is 14.4. The first-order chi connectivity index (χ1) is 13.0. The Morgan fingerprint density at radius 2 is 1.85 bits per heavy atom. The van der Waals surface area contributed by atoms with E-state index in [4.69, 9.17) is 4.74 Å². The second-order valence-electron chi connectivity index (χ2n) is 5.82. The number of para-hydroxylation sites is 1. The van der Waals surface area contributed by atoms with Gasteiger partial charge in [0, 0.05) is 29.4 Å². The summed E-state index contributed by atoms with van der Waals surface area (Å²) in [6.45, 7) is 1.60. The molecule has 0 aliphatic heterocycles. The van der Waals surface area contributed by atoms with Crippen LogP contribution in [0.1, 0.15) is 21.5 Å². The van der Waals surface area contributed by atoms with Crippen molar-refractivity contribution in [2.24, 2.45) is 0 Å². The average molecular weight is 368 g/mol. The number of rotatable bonds is 5. The summed E-state index contributed by atoms with van der Waals surface area (Å²) in [6.07, 6.45) is 1.50. The molecule has 138 valence electrons. The summed E-state index contributed by atoms with van der Waals surface area (Å²) in [5.41, 5.74) is 0.935. The van der Waals surface area contributed by atoms with Gasteiger partial charge in [0.15, 0.2) is 11.6 Å². The fraction of sp³-hybridized carbons (Fsp3) is 0.100. The first-order valence-corrected chi connectivity index (χ1v) is 8.12. The summed E-state index contributed by atoms with van der Waals surface area (Å²) in [7, 11) is 0. The molecule has 0 fully saturated rings. The lowest BCUT2D eigenvalue weighted by Gasteiger charge is -2.12. The van der Waals surface area contributed by atoms with Crippen LogP contribution in [0.2, 0.25) is 0 Å². The summed E-state index contributed by atoms with van der Waals surface area (Å²) >= 11 is 0. The Kier molecular flexibility index (Phi) is 5.21. The van der Waals surface area contributed by atoms with Gasteiger partial charge in [-0.1, -0.05) is 18.2 Å². The van der Waals surface area contributed by atoms with Crippen LogP contribution in [0.4, 0.5) is 4.39 Å². The van der Waals surface area contributed by atoms with Gasteiger partial charge < -0.3 is 20.3 Å². The Morgan fingerprint density at radius 3 is 2.56 bits per heavy atom. The van der Waals surface area contributed by atoms with E-state index in [2.05, 4.69) is 10.3 Å². The van der Waals surface area contributed by atoms with Crippen LogP contribution in [-0.4, -0.2) is 21.1 Å². The van der Waals surface area contributed by atoms with E-state index >= 15 is 0 Å². The van der Waals surface area contributed by atoms with E-state index in [0.29, 0.717) is 11.1 Å². The largest absolute Gasteiger partial charge is 0.508 e. The van der Waals surface area contributed by atoms with Gasteiger partial charge in [-0.15, -0.1) is 0 Å². The molecule has 7 heteroatoms. The maximum absolute atomic E-state index is 13.8. The van der Waals surface area contributed by atoms with E-state index in [1.54, 1.807) is 24.3 Å². The smallest absolute Gasteiger partial charge is 0.251 e. The third-order valence-electron chi connectivity index (χ3n) is 3.95. The molecule has 3 aromatic rings. The van der Waals surface area contributed by atoms with Crippen molar-refractivity contribution in [1.29, 1.82) is 0 Å². The number of aromatic nitrogens is 1. The topological polar surface area (TPSA) is 91.7 Å². The van der Waals surface area contributed by atoms with Gasteiger partial charge in [-0.05, 0) is 37.3 Å². The van der Waals surface area contributed by atoms with Crippen molar-refractivity contribution >= 4 is 5.91 Å². The molecule has 6 nitrogen and oxygen atoms in total. The molecule has 1 aromatic heterocycles. The first kappa shape index (κ1) is 18.2. The van der Waals surface area contributed by atoms with Gasteiger partial charge in [0.1, 0.15) is 11.5 Å². The summed E-state index contributed by atoms with van der Waals surface area (Å²) in [5, 5.41) is 22.1. The Labute approximate surface area is 154 Å². The number of nitrogens with one attached hydrogen (secondary N) is 1. The lowest BCUT2D eigenvalue weighted by molar-refractivity contribution is 0.0950. The Balaban J connectivity index is 1.75. The summed E-state index contributed by atoms with van der Waals surface area (Å²) in [6, 6.07) is 11.8. The molecular formula is C20H17FN2O4. The van der Waals surface area contributed by atoms with Gasteiger partial charge in [-0.3, -0.25) is 4.79 Å². The minimum Gasteiger partial charge on any atom is -0.508 e. The molecular weight excluding hydrogens is 351 g/mol. The van der Waals surface area contributed by atoms with Crippen molar-refractivity contribution in [2.75, 3.05) is 0 Å². The van der Waals surface area contributed by atoms with Gasteiger partial charge in [0.05, 0.1) is 0 Å². The molecule has 0 radical (unpaired) electrons. The molecule has 0 aliphatic rings. The molecule has 1 heterocycles. The zero-order valence-electron chi connectivity index (χ0n) is 14.4. The number of amides is 1. The normalized spacial score (nSPS) is 10.4. The summed E-state index contributed by atoms with van der Waals surface area (Å²) in [5.74, 6) is -1.19. The number of halogens is 1. The van der Waals surface area contributed by atoms with Gasteiger partial charge >= 0.3 is 0 Å². The fourth-order valence-corrected chi connectivity index (χ4v) is 2.37. The van der Waals surface area contributed by atoms with Gasteiger partial charge in [-0.2, -0.15) is 0 Å². The van der Waals surface area contributed by atoms with Crippen molar-refractivity contribution in [1.82, 2.24) is 10.3 Å². The highest BCUT2D eigenvalue weighted by atomic mass is 19.1. The summed E-state index contributed by atoms with van der Waals surface area (Å²) in [4.78, 5) is 16.4. The average Bonchev–Trinajstić information content (AvgIpc) is 2.66. The number of ether oxygens (including phenoxy) is 1. The fourth-order valence-electron chi connectivity index (χ4n) is 2.37. The standard InChI is InChI=1S/C20H17FN2O4/c1-12-16(24)9-14(10-17(12)25)19(26)23-11-13-5-4-8-22-20(13)27-18-7-3-2-6-15(18)21/h2-10,24-25H,11H2,1H3,(H,23,26). The van der Waals surface area contributed by atoms with Gasteiger partial charge in [0.25, 0.3) is 5.91 Å². The molecule has 0 aliphatic carbocycles. The van der Waals surface area contributed by atoms with E-state index in [0.717, 1.165) is 0 Å². The third-order valence-corrected chi connectivity index (χ3v) is 3.95. The van der Waals surface area contributed by atoms with Crippen LogP contribution >= 0.6 is 0 Å². The van der Waals surface area contributed by atoms with Crippen LogP contribution in [0.25, 0.3) is 0 Å². The monoisotopic (exact) mass is 368 g/mol. The molecule has 27 heavy (non-hydrogen) atoms. The lowest BCUT2D eigenvalue weighted by Crippen LogP contribution is -2.23. The van der Waals surface area contributed by atoms with E-state index in [1.165, 1.54) is 37.4 Å². The second-order valence-corrected chi connectivity index (χ2v) is 5.82. The molecule has 2 aromatic carbocycles. The van der Waals surface area contributed by atoms with Gasteiger partial charge in [-0.25, -0.2) is 9.37 Å². The molecule has 0 atom stereocenters. The van der Waals surface area contributed by atoms with Crippen LogP contribution in [0.5, 0.6) is 23.1 Å². The second kappa shape index (κ2) is 7.74. The number of aromatic hydroxyl groups is 2. The number of pyridine rings is 1.